The number of hydrogen-bond acceptors (Lipinski definition) is 1. The van der Waals surface area contributed by atoms with Crippen LogP contribution in [0.25, 0.3) is 5.57 Å². The number of allylic oxidation sites excluding steroid dienone is 4. The monoisotopic (exact) mass is 238 g/mol. The van der Waals surface area contributed by atoms with E-state index in [4.69, 9.17) is 0 Å². The van der Waals surface area contributed by atoms with E-state index in [1.54, 1.807) is 18.2 Å². The van der Waals surface area contributed by atoms with E-state index in [0.717, 1.165) is 12.1 Å². The summed E-state index contributed by atoms with van der Waals surface area (Å²) in [6, 6.07) is 4.63. The van der Waals surface area contributed by atoms with Gasteiger partial charge in [-0.2, -0.15) is 13.2 Å². The maximum atomic E-state index is 12.3. The summed E-state index contributed by atoms with van der Waals surface area (Å²) in [5.74, 6) is -0.0766. The Kier molecular flexibility index (Phi) is 2.88. The van der Waals surface area contributed by atoms with Crippen LogP contribution in [0.5, 0.6) is 0 Å². The molecule has 0 N–H and O–H groups in total. The first-order chi connectivity index (χ1) is 7.98. The van der Waals surface area contributed by atoms with E-state index < -0.39 is 11.7 Å². The number of halogens is 3. The van der Waals surface area contributed by atoms with E-state index in [1.807, 2.05) is 0 Å². The minimum Gasteiger partial charge on any atom is -0.294 e. The molecule has 0 spiro atoms. The van der Waals surface area contributed by atoms with Crippen LogP contribution in [0.1, 0.15) is 17.5 Å². The number of benzene rings is 1. The number of rotatable bonds is 1. The lowest BCUT2D eigenvalue weighted by Crippen LogP contribution is -2.06. The van der Waals surface area contributed by atoms with E-state index >= 15 is 0 Å². The average molecular weight is 238 g/mol. The lowest BCUT2D eigenvalue weighted by molar-refractivity contribution is -0.137. The molecule has 0 unspecified atom stereocenters. The van der Waals surface area contributed by atoms with Gasteiger partial charge in [0.15, 0.2) is 5.78 Å². The number of alkyl halides is 3. The summed E-state index contributed by atoms with van der Waals surface area (Å²) in [4.78, 5) is 11.5. The molecule has 1 aliphatic carbocycles. The second-order valence-corrected chi connectivity index (χ2v) is 3.71. The van der Waals surface area contributed by atoms with E-state index in [9.17, 15) is 18.0 Å². The Morgan fingerprint density at radius 1 is 1.06 bits per heavy atom. The highest BCUT2D eigenvalue weighted by molar-refractivity contribution is 6.22. The van der Waals surface area contributed by atoms with Crippen LogP contribution in [-0.2, 0) is 11.0 Å². The van der Waals surface area contributed by atoms with Gasteiger partial charge in [-0.05, 0) is 17.7 Å². The normalized spacial score (nSPS) is 15.9. The Bertz CT molecular complexity index is 492. The molecule has 0 aromatic heterocycles. The summed E-state index contributed by atoms with van der Waals surface area (Å²) in [6.07, 6.45) is 1.02. The SMILES string of the molecule is O=C1CC=CC=C1c1ccc(C(F)(F)F)cc1. The van der Waals surface area contributed by atoms with Gasteiger partial charge in [0.25, 0.3) is 0 Å². The molecule has 0 fully saturated rings. The van der Waals surface area contributed by atoms with Crippen molar-refractivity contribution >= 4 is 11.4 Å². The number of ketones is 1. The van der Waals surface area contributed by atoms with Gasteiger partial charge in [-0.3, -0.25) is 4.79 Å². The van der Waals surface area contributed by atoms with Crippen LogP contribution in [0.3, 0.4) is 0 Å². The Hall–Kier alpha value is -1.84. The zero-order valence-corrected chi connectivity index (χ0v) is 8.79. The van der Waals surface area contributed by atoms with E-state index in [-0.39, 0.29) is 5.78 Å². The molecule has 4 heteroatoms. The van der Waals surface area contributed by atoms with Crippen molar-refractivity contribution < 1.29 is 18.0 Å². The van der Waals surface area contributed by atoms with Crippen LogP contribution < -0.4 is 0 Å². The Labute approximate surface area is 96.3 Å². The van der Waals surface area contributed by atoms with Gasteiger partial charge in [0.1, 0.15) is 0 Å². The molecule has 0 amide bonds. The molecule has 0 heterocycles. The first kappa shape index (κ1) is 11.6. The van der Waals surface area contributed by atoms with Crippen molar-refractivity contribution in [3.05, 3.63) is 53.6 Å². The van der Waals surface area contributed by atoms with Crippen molar-refractivity contribution in [3.63, 3.8) is 0 Å². The first-order valence-corrected chi connectivity index (χ1v) is 5.06. The minimum atomic E-state index is -4.34. The number of carbonyl (C=O) groups is 1. The zero-order chi connectivity index (χ0) is 12.5. The fraction of sp³-hybridized carbons (Fsp3) is 0.154. The smallest absolute Gasteiger partial charge is 0.294 e. The highest BCUT2D eigenvalue weighted by Crippen LogP contribution is 2.30. The van der Waals surface area contributed by atoms with Crippen LogP contribution in [0, 0.1) is 0 Å². The van der Waals surface area contributed by atoms with Crippen molar-refractivity contribution in [2.75, 3.05) is 0 Å². The van der Waals surface area contributed by atoms with Crippen molar-refractivity contribution in [3.8, 4) is 0 Å². The van der Waals surface area contributed by atoms with Gasteiger partial charge in [0.05, 0.1) is 5.56 Å². The minimum absolute atomic E-state index is 0.0766. The second-order valence-electron chi connectivity index (χ2n) is 3.71. The number of Topliss-reactive ketones (excluding diaryl/α,β-unsaturated/α-hetero) is 1. The van der Waals surface area contributed by atoms with Crippen LogP contribution >= 0.6 is 0 Å². The summed E-state index contributed by atoms with van der Waals surface area (Å²) < 4.78 is 37.0. The summed E-state index contributed by atoms with van der Waals surface area (Å²) in [6.45, 7) is 0. The van der Waals surface area contributed by atoms with Gasteiger partial charge in [0, 0.05) is 12.0 Å². The lowest BCUT2D eigenvalue weighted by Gasteiger charge is -2.10. The van der Waals surface area contributed by atoms with Gasteiger partial charge in [-0.25, -0.2) is 0 Å². The summed E-state index contributed by atoms with van der Waals surface area (Å²) >= 11 is 0. The maximum Gasteiger partial charge on any atom is 0.416 e. The van der Waals surface area contributed by atoms with E-state index in [0.29, 0.717) is 17.6 Å². The third-order valence-electron chi connectivity index (χ3n) is 2.53. The summed E-state index contributed by atoms with van der Waals surface area (Å²) in [5.41, 5.74) is 0.272. The maximum absolute atomic E-state index is 12.3. The van der Waals surface area contributed by atoms with Gasteiger partial charge in [-0.1, -0.05) is 30.4 Å². The highest BCUT2D eigenvalue weighted by Gasteiger charge is 2.30. The van der Waals surface area contributed by atoms with Gasteiger partial charge < -0.3 is 0 Å². The molecule has 0 atom stereocenters. The highest BCUT2D eigenvalue weighted by atomic mass is 19.4. The van der Waals surface area contributed by atoms with Crippen LogP contribution in [0.15, 0.2) is 42.5 Å². The molecule has 1 aromatic rings. The third-order valence-corrected chi connectivity index (χ3v) is 2.53. The fourth-order valence-electron chi connectivity index (χ4n) is 1.64. The Balaban J connectivity index is 2.33. The summed E-state index contributed by atoms with van der Waals surface area (Å²) in [7, 11) is 0. The molecular formula is C13H9F3O. The largest absolute Gasteiger partial charge is 0.416 e. The zero-order valence-electron chi connectivity index (χ0n) is 8.79. The molecule has 0 radical (unpaired) electrons. The summed E-state index contributed by atoms with van der Waals surface area (Å²) in [5, 5.41) is 0. The predicted octanol–water partition coefficient (Wildman–Crippen LogP) is 3.62. The average Bonchev–Trinajstić information content (AvgIpc) is 2.29. The quantitative estimate of drug-likeness (QED) is 0.730. The molecule has 17 heavy (non-hydrogen) atoms. The van der Waals surface area contributed by atoms with Gasteiger partial charge in [-0.15, -0.1) is 0 Å². The Morgan fingerprint density at radius 2 is 1.71 bits per heavy atom. The van der Waals surface area contributed by atoms with Gasteiger partial charge in [0.2, 0.25) is 0 Å². The molecular weight excluding hydrogens is 229 g/mol. The third kappa shape index (κ3) is 2.46. The second kappa shape index (κ2) is 4.20. The molecule has 0 aliphatic heterocycles. The molecule has 0 saturated carbocycles. The number of carbonyl (C=O) groups excluding carboxylic acids is 1. The molecule has 88 valence electrons. The first-order valence-electron chi connectivity index (χ1n) is 5.06. The molecule has 1 aliphatic rings. The van der Waals surface area contributed by atoms with E-state index in [2.05, 4.69) is 0 Å². The standard InChI is InChI=1S/C13H9F3O/c14-13(15,16)10-7-5-9(6-8-10)11-3-1-2-4-12(11)17/h1-3,5-8H,4H2. The van der Waals surface area contributed by atoms with Crippen molar-refractivity contribution in [2.24, 2.45) is 0 Å². The fourth-order valence-corrected chi connectivity index (χ4v) is 1.64. The van der Waals surface area contributed by atoms with Crippen molar-refractivity contribution in [1.29, 1.82) is 0 Å². The topological polar surface area (TPSA) is 17.1 Å². The van der Waals surface area contributed by atoms with Crippen molar-refractivity contribution in [2.45, 2.75) is 12.6 Å². The van der Waals surface area contributed by atoms with Gasteiger partial charge >= 0.3 is 6.18 Å². The molecule has 1 aromatic carbocycles. The van der Waals surface area contributed by atoms with Crippen LogP contribution in [0.2, 0.25) is 0 Å². The van der Waals surface area contributed by atoms with E-state index in [1.165, 1.54) is 12.1 Å². The van der Waals surface area contributed by atoms with Crippen LogP contribution in [-0.4, -0.2) is 5.78 Å². The lowest BCUT2D eigenvalue weighted by atomic mass is 9.95. The molecule has 2 rings (SSSR count). The predicted molar refractivity (Wildman–Crippen MR) is 58.2 cm³/mol. The molecule has 0 bridgehead atoms. The number of hydrogen-bond donors (Lipinski definition) is 0. The molecule has 0 saturated heterocycles. The van der Waals surface area contributed by atoms with Crippen molar-refractivity contribution in [1.82, 2.24) is 0 Å². The Morgan fingerprint density at radius 3 is 2.24 bits per heavy atom. The van der Waals surface area contributed by atoms with Crippen LogP contribution in [0.4, 0.5) is 13.2 Å². The molecule has 1 nitrogen and oxygen atoms in total.